The van der Waals surface area contributed by atoms with E-state index in [1.807, 2.05) is 45.0 Å². The molecular formula is C20H27N3O2. The SMILES string of the molecule is CC(C)(C)CC(=O)NCc1nn(C2CCCC2)c(=O)c2ccccc12. The second kappa shape index (κ2) is 6.98. The topological polar surface area (TPSA) is 64.0 Å². The first-order valence-electron chi connectivity index (χ1n) is 9.12. The Balaban J connectivity index is 1.92. The van der Waals surface area contributed by atoms with E-state index in [-0.39, 0.29) is 22.9 Å². The Morgan fingerprint density at radius 3 is 2.48 bits per heavy atom. The third kappa shape index (κ3) is 4.09. The predicted octanol–water partition coefficient (Wildman–Crippen LogP) is 3.56. The van der Waals surface area contributed by atoms with Crippen LogP contribution in [-0.4, -0.2) is 15.7 Å². The van der Waals surface area contributed by atoms with Crippen molar-refractivity contribution in [1.82, 2.24) is 15.1 Å². The van der Waals surface area contributed by atoms with Gasteiger partial charge in [0.15, 0.2) is 0 Å². The van der Waals surface area contributed by atoms with E-state index in [9.17, 15) is 9.59 Å². The number of fused-ring (bicyclic) bond motifs is 1. The molecule has 3 rings (SSSR count). The van der Waals surface area contributed by atoms with E-state index in [1.165, 1.54) is 0 Å². The summed E-state index contributed by atoms with van der Waals surface area (Å²) >= 11 is 0. The zero-order valence-corrected chi connectivity index (χ0v) is 15.3. The van der Waals surface area contributed by atoms with Crippen LogP contribution in [0.1, 0.15) is 64.6 Å². The summed E-state index contributed by atoms with van der Waals surface area (Å²) in [4.78, 5) is 25.0. The molecule has 5 heteroatoms. The quantitative estimate of drug-likeness (QED) is 0.925. The van der Waals surface area contributed by atoms with Crippen LogP contribution in [0.5, 0.6) is 0 Å². The lowest BCUT2D eigenvalue weighted by Gasteiger charge is -2.18. The number of aromatic nitrogens is 2. The highest BCUT2D eigenvalue weighted by Gasteiger charge is 2.22. The predicted molar refractivity (Wildman–Crippen MR) is 99.4 cm³/mol. The molecule has 0 saturated heterocycles. The van der Waals surface area contributed by atoms with Gasteiger partial charge in [-0.25, -0.2) is 4.68 Å². The van der Waals surface area contributed by atoms with Gasteiger partial charge in [-0.15, -0.1) is 0 Å². The normalized spacial score (nSPS) is 15.6. The number of hydrogen-bond donors (Lipinski definition) is 1. The van der Waals surface area contributed by atoms with E-state index in [1.54, 1.807) is 4.68 Å². The number of carbonyl (C=O) groups is 1. The molecule has 2 aromatic rings. The minimum absolute atomic E-state index is 0.0111. The van der Waals surface area contributed by atoms with Crippen LogP contribution in [-0.2, 0) is 11.3 Å². The maximum atomic E-state index is 12.8. The largest absolute Gasteiger partial charge is 0.350 e. The number of carbonyl (C=O) groups excluding carboxylic acids is 1. The molecule has 1 amide bonds. The van der Waals surface area contributed by atoms with Gasteiger partial charge >= 0.3 is 0 Å². The summed E-state index contributed by atoms with van der Waals surface area (Å²) in [7, 11) is 0. The molecule has 0 radical (unpaired) electrons. The monoisotopic (exact) mass is 341 g/mol. The first-order valence-corrected chi connectivity index (χ1v) is 9.12. The molecule has 1 aromatic carbocycles. The smallest absolute Gasteiger partial charge is 0.274 e. The van der Waals surface area contributed by atoms with Crippen molar-refractivity contribution in [3.63, 3.8) is 0 Å². The van der Waals surface area contributed by atoms with Crippen LogP contribution in [0.2, 0.25) is 0 Å². The van der Waals surface area contributed by atoms with Crippen molar-refractivity contribution in [2.45, 2.75) is 65.5 Å². The van der Waals surface area contributed by atoms with Crippen molar-refractivity contribution in [3.8, 4) is 0 Å². The first kappa shape index (κ1) is 17.6. The van der Waals surface area contributed by atoms with Gasteiger partial charge in [0.05, 0.1) is 23.7 Å². The van der Waals surface area contributed by atoms with Crippen molar-refractivity contribution in [3.05, 3.63) is 40.3 Å². The van der Waals surface area contributed by atoms with Gasteiger partial charge in [-0.2, -0.15) is 5.10 Å². The molecule has 0 spiro atoms. The summed E-state index contributed by atoms with van der Waals surface area (Å²) in [6, 6.07) is 7.73. The molecule has 1 saturated carbocycles. The highest BCUT2D eigenvalue weighted by molar-refractivity contribution is 5.84. The van der Waals surface area contributed by atoms with E-state index in [0.29, 0.717) is 18.4 Å². The second-order valence-electron chi connectivity index (χ2n) is 8.19. The Morgan fingerprint density at radius 1 is 1.20 bits per heavy atom. The highest BCUT2D eigenvalue weighted by Crippen LogP contribution is 2.28. The molecule has 0 atom stereocenters. The molecule has 1 heterocycles. The highest BCUT2D eigenvalue weighted by atomic mass is 16.1. The van der Waals surface area contributed by atoms with E-state index < -0.39 is 0 Å². The minimum atomic E-state index is -0.0534. The van der Waals surface area contributed by atoms with Crippen LogP contribution >= 0.6 is 0 Å². The number of amides is 1. The lowest BCUT2D eigenvalue weighted by atomic mass is 9.92. The van der Waals surface area contributed by atoms with Crippen molar-refractivity contribution < 1.29 is 4.79 Å². The lowest BCUT2D eigenvalue weighted by molar-refractivity contribution is -0.122. The van der Waals surface area contributed by atoms with Gasteiger partial charge in [0.1, 0.15) is 0 Å². The molecule has 1 aromatic heterocycles. The number of nitrogens with one attached hydrogen (secondary N) is 1. The molecule has 0 bridgehead atoms. The van der Waals surface area contributed by atoms with Gasteiger partial charge in [0.25, 0.3) is 5.56 Å². The first-order chi connectivity index (χ1) is 11.8. The summed E-state index contributed by atoms with van der Waals surface area (Å²) in [5.41, 5.74) is 0.694. The van der Waals surface area contributed by atoms with E-state index in [2.05, 4.69) is 10.4 Å². The van der Waals surface area contributed by atoms with E-state index >= 15 is 0 Å². The van der Waals surface area contributed by atoms with Gasteiger partial charge in [0, 0.05) is 11.8 Å². The van der Waals surface area contributed by atoms with E-state index in [0.717, 1.165) is 36.8 Å². The van der Waals surface area contributed by atoms with Gasteiger partial charge in [-0.1, -0.05) is 51.8 Å². The Bertz CT molecular complexity index is 827. The van der Waals surface area contributed by atoms with Crippen LogP contribution in [0, 0.1) is 5.41 Å². The van der Waals surface area contributed by atoms with Crippen LogP contribution in [0.15, 0.2) is 29.1 Å². The fourth-order valence-electron chi connectivity index (χ4n) is 3.53. The maximum Gasteiger partial charge on any atom is 0.274 e. The summed E-state index contributed by atoms with van der Waals surface area (Å²) < 4.78 is 1.65. The minimum Gasteiger partial charge on any atom is -0.350 e. The number of rotatable bonds is 4. The molecule has 5 nitrogen and oxygen atoms in total. The van der Waals surface area contributed by atoms with Crippen molar-refractivity contribution in [2.24, 2.45) is 5.41 Å². The fourth-order valence-corrected chi connectivity index (χ4v) is 3.53. The lowest BCUT2D eigenvalue weighted by Crippen LogP contribution is -2.31. The molecule has 25 heavy (non-hydrogen) atoms. The standard InChI is InChI=1S/C20H27N3O2/c1-20(2,3)12-18(24)21-13-17-15-10-6-7-11-16(15)19(25)23(22-17)14-8-4-5-9-14/h6-7,10-11,14H,4-5,8-9,12-13H2,1-3H3,(H,21,24). The summed E-state index contributed by atoms with van der Waals surface area (Å²) in [5.74, 6) is 0.0111. The molecule has 134 valence electrons. The van der Waals surface area contributed by atoms with Crippen molar-refractivity contribution in [1.29, 1.82) is 0 Å². The van der Waals surface area contributed by atoms with E-state index in [4.69, 9.17) is 0 Å². The molecule has 1 aliphatic carbocycles. The summed E-state index contributed by atoms with van der Waals surface area (Å²) in [6.07, 6.45) is 4.75. The number of nitrogens with zero attached hydrogens (tertiary/aromatic N) is 2. The Labute approximate surface area is 148 Å². The number of hydrogen-bond acceptors (Lipinski definition) is 3. The van der Waals surface area contributed by atoms with Gasteiger partial charge in [-0.3, -0.25) is 9.59 Å². The van der Waals surface area contributed by atoms with Crippen molar-refractivity contribution in [2.75, 3.05) is 0 Å². The molecule has 1 aliphatic rings. The van der Waals surface area contributed by atoms with Crippen LogP contribution in [0.3, 0.4) is 0 Å². The third-order valence-corrected chi connectivity index (χ3v) is 4.72. The molecular weight excluding hydrogens is 314 g/mol. The zero-order valence-electron chi connectivity index (χ0n) is 15.3. The second-order valence-corrected chi connectivity index (χ2v) is 8.19. The molecule has 1 N–H and O–H groups in total. The van der Waals surface area contributed by atoms with Gasteiger partial charge in [-0.05, 0) is 24.3 Å². The maximum absolute atomic E-state index is 12.8. The van der Waals surface area contributed by atoms with Crippen molar-refractivity contribution >= 4 is 16.7 Å². The summed E-state index contributed by atoms with van der Waals surface area (Å²) in [5, 5.41) is 9.12. The fraction of sp³-hybridized carbons (Fsp3) is 0.550. The Morgan fingerprint density at radius 2 is 1.84 bits per heavy atom. The molecule has 0 aliphatic heterocycles. The third-order valence-electron chi connectivity index (χ3n) is 4.72. The number of benzene rings is 1. The van der Waals surface area contributed by atoms with Crippen LogP contribution in [0.4, 0.5) is 0 Å². The van der Waals surface area contributed by atoms with Gasteiger partial charge in [0.2, 0.25) is 5.91 Å². The Hall–Kier alpha value is -2.17. The average Bonchev–Trinajstić information content (AvgIpc) is 3.07. The molecule has 0 unspecified atom stereocenters. The zero-order chi connectivity index (χ0) is 18.0. The van der Waals surface area contributed by atoms with Crippen LogP contribution in [0.25, 0.3) is 10.8 Å². The average molecular weight is 341 g/mol. The van der Waals surface area contributed by atoms with Crippen LogP contribution < -0.4 is 10.9 Å². The summed E-state index contributed by atoms with van der Waals surface area (Å²) in [6.45, 7) is 6.48. The molecule has 1 fully saturated rings. The van der Waals surface area contributed by atoms with Gasteiger partial charge < -0.3 is 5.32 Å². The Kier molecular flexibility index (Phi) is 4.93.